The molecule has 0 aliphatic heterocycles. The van der Waals surface area contributed by atoms with Gasteiger partial charge in [0.2, 0.25) is 5.91 Å². The average molecular weight is 1020 g/mol. The summed E-state index contributed by atoms with van der Waals surface area (Å²) in [5.41, 5.74) is 0. The Morgan fingerprint density at radius 2 is 0.603 bits per heavy atom. The van der Waals surface area contributed by atoms with Gasteiger partial charge < -0.3 is 15.5 Å². The standard InChI is InChI=1S/C69H131NO3/c1-3-5-7-9-11-13-15-17-19-21-23-25-27-28-29-30-31-32-33-34-35-36-37-38-39-40-41-42-43-45-47-49-51-53-55-57-59-61-63-65-69(73)70-67(66-71)68(72)64-62-60-58-56-54-52-50-48-46-44-26-24-22-20-18-16-14-12-10-8-6-4-2/h5,7,11,13,17,19,23,25,67-68,71-72H,3-4,6,8-10,12,14-16,18,20-22,24,26-66H2,1-2H3,(H,70,73)/b7-5-,13-11-,19-17-,25-23-. The number of amides is 1. The summed E-state index contributed by atoms with van der Waals surface area (Å²) >= 11 is 0. The number of hydrogen-bond donors (Lipinski definition) is 3. The van der Waals surface area contributed by atoms with E-state index in [1.807, 2.05) is 0 Å². The highest BCUT2D eigenvalue weighted by Gasteiger charge is 2.20. The van der Waals surface area contributed by atoms with E-state index in [-0.39, 0.29) is 12.5 Å². The molecule has 2 unspecified atom stereocenters. The Bertz CT molecular complexity index is 1160. The van der Waals surface area contributed by atoms with E-state index in [0.29, 0.717) is 12.8 Å². The van der Waals surface area contributed by atoms with Crippen LogP contribution in [-0.2, 0) is 4.79 Å². The molecule has 0 rings (SSSR count). The smallest absolute Gasteiger partial charge is 0.220 e. The molecule has 0 radical (unpaired) electrons. The zero-order valence-corrected chi connectivity index (χ0v) is 49.7. The quantitative estimate of drug-likeness (QED) is 0.0420. The van der Waals surface area contributed by atoms with E-state index in [0.717, 1.165) is 51.4 Å². The second-order valence-electron chi connectivity index (χ2n) is 22.9. The molecule has 0 aromatic rings. The van der Waals surface area contributed by atoms with Crippen LogP contribution in [0, 0.1) is 0 Å². The van der Waals surface area contributed by atoms with Gasteiger partial charge >= 0.3 is 0 Å². The molecule has 430 valence electrons. The lowest BCUT2D eigenvalue weighted by molar-refractivity contribution is -0.123. The molecule has 0 aromatic carbocycles. The van der Waals surface area contributed by atoms with Crippen LogP contribution in [0.3, 0.4) is 0 Å². The van der Waals surface area contributed by atoms with E-state index in [9.17, 15) is 15.0 Å². The number of nitrogens with one attached hydrogen (secondary N) is 1. The number of aliphatic hydroxyl groups excluding tert-OH is 2. The fraction of sp³-hybridized carbons (Fsp3) is 0.870. The maximum absolute atomic E-state index is 12.5. The van der Waals surface area contributed by atoms with Crippen molar-refractivity contribution in [2.75, 3.05) is 6.61 Å². The van der Waals surface area contributed by atoms with Crippen LogP contribution in [0.2, 0.25) is 0 Å². The number of carbonyl (C=O) groups is 1. The van der Waals surface area contributed by atoms with Crippen molar-refractivity contribution in [2.45, 2.75) is 379 Å². The van der Waals surface area contributed by atoms with Gasteiger partial charge in [0.05, 0.1) is 18.8 Å². The van der Waals surface area contributed by atoms with Crippen LogP contribution < -0.4 is 5.32 Å². The molecule has 3 N–H and O–H groups in total. The van der Waals surface area contributed by atoms with Crippen LogP contribution in [0.5, 0.6) is 0 Å². The predicted octanol–water partition coefficient (Wildman–Crippen LogP) is 22.5. The summed E-state index contributed by atoms with van der Waals surface area (Å²) in [7, 11) is 0. The summed E-state index contributed by atoms with van der Waals surface area (Å²) in [6.07, 6.45) is 90.1. The molecule has 0 aliphatic carbocycles. The molecule has 0 aliphatic rings. The van der Waals surface area contributed by atoms with Gasteiger partial charge in [-0.1, -0.05) is 358 Å². The van der Waals surface area contributed by atoms with Crippen molar-refractivity contribution in [2.24, 2.45) is 0 Å². The Morgan fingerprint density at radius 1 is 0.342 bits per heavy atom. The fourth-order valence-corrected chi connectivity index (χ4v) is 10.6. The van der Waals surface area contributed by atoms with Crippen LogP contribution in [0.25, 0.3) is 0 Å². The van der Waals surface area contributed by atoms with E-state index in [1.165, 1.54) is 289 Å². The highest BCUT2D eigenvalue weighted by Crippen LogP contribution is 2.19. The Labute approximate surface area is 458 Å². The van der Waals surface area contributed by atoms with Crippen LogP contribution >= 0.6 is 0 Å². The first-order chi connectivity index (χ1) is 36.2. The maximum Gasteiger partial charge on any atom is 0.220 e. The number of allylic oxidation sites excluding steroid dienone is 8. The van der Waals surface area contributed by atoms with Gasteiger partial charge in [0.1, 0.15) is 0 Å². The number of aliphatic hydroxyl groups is 2. The van der Waals surface area contributed by atoms with Crippen molar-refractivity contribution in [1.29, 1.82) is 0 Å². The zero-order valence-electron chi connectivity index (χ0n) is 49.7. The third kappa shape index (κ3) is 61.1. The van der Waals surface area contributed by atoms with Crippen LogP contribution in [-0.4, -0.2) is 34.9 Å². The lowest BCUT2D eigenvalue weighted by Crippen LogP contribution is -2.45. The van der Waals surface area contributed by atoms with Gasteiger partial charge in [-0.2, -0.15) is 0 Å². The largest absolute Gasteiger partial charge is 0.394 e. The number of hydrogen-bond acceptors (Lipinski definition) is 3. The lowest BCUT2D eigenvalue weighted by Gasteiger charge is -2.22. The minimum absolute atomic E-state index is 0.0231. The molecular weight excluding hydrogens is 891 g/mol. The normalized spacial score (nSPS) is 13.0. The lowest BCUT2D eigenvalue weighted by atomic mass is 10.0. The summed E-state index contributed by atoms with van der Waals surface area (Å²) in [5.74, 6) is -0.0231. The number of carbonyl (C=O) groups excluding carboxylic acids is 1. The minimum Gasteiger partial charge on any atom is -0.394 e. The first-order valence-corrected chi connectivity index (χ1v) is 33.3. The molecule has 0 spiro atoms. The third-order valence-electron chi connectivity index (χ3n) is 15.6. The fourth-order valence-electron chi connectivity index (χ4n) is 10.6. The first kappa shape index (κ1) is 71.3. The zero-order chi connectivity index (χ0) is 52.7. The molecule has 0 aromatic heterocycles. The van der Waals surface area contributed by atoms with Gasteiger partial charge in [0.25, 0.3) is 0 Å². The first-order valence-electron chi connectivity index (χ1n) is 33.3. The van der Waals surface area contributed by atoms with Crippen molar-refractivity contribution in [1.82, 2.24) is 5.32 Å². The van der Waals surface area contributed by atoms with Crippen LogP contribution in [0.1, 0.15) is 367 Å². The second kappa shape index (κ2) is 64.6. The average Bonchev–Trinajstić information content (AvgIpc) is 3.40. The number of unbranched alkanes of at least 4 members (excludes halogenated alkanes) is 47. The molecule has 1 amide bonds. The third-order valence-corrected chi connectivity index (χ3v) is 15.6. The van der Waals surface area contributed by atoms with E-state index >= 15 is 0 Å². The summed E-state index contributed by atoms with van der Waals surface area (Å²) in [4.78, 5) is 12.5. The maximum atomic E-state index is 12.5. The molecule has 2 atom stereocenters. The Kier molecular flexibility index (Phi) is 63.2. The number of rotatable bonds is 62. The van der Waals surface area contributed by atoms with Gasteiger partial charge in [-0.25, -0.2) is 0 Å². The predicted molar refractivity (Wildman–Crippen MR) is 327 cm³/mol. The minimum atomic E-state index is -0.659. The van der Waals surface area contributed by atoms with Gasteiger partial charge in [-0.15, -0.1) is 0 Å². The Balaban J connectivity index is 3.37. The molecule has 0 bridgehead atoms. The van der Waals surface area contributed by atoms with E-state index in [1.54, 1.807) is 0 Å². The van der Waals surface area contributed by atoms with Gasteiger partial charge in [-0.05, 0) is 51.4 Å². The van der Waals surface area contributed by atoms with Gasteiger partial charge in [-0.3, -0.25) is 4.79 Å². The second-order valence-corrected chi connectivity index (χ2v) is 22.9. The molecule has 0 fully saturated rings. The highest BCUT2D eigenvalue weighted by molar-refractivity contribution is 5.76. The van der Waals surface area contributed by atoms with Crippen molar-refractivity contribution in [3.63, 3.8) is 0 Å². The topological polar surface area (TPSA) is 69.6 Å². The van der Waals surface area contributed by atoms with E-state index in [2.05, 4.69) is 67.8 Å². The van der Waals surface area contributed by atoms with Gasteiger partial charge in [0, 0.05) is 6.42 Å². The molecule has 73 heavy (non-hydrogen) atoms. The molecule has 0 saturated carbocycles. The molecule has 0 saturated heterocycles. The Hall–Kier alpha value is -1.65. The van der Waals surface area contributed by atoms with Crippen molar-refractivity contribution in [3.05, 3.63) is 48.6 Å². The molecular formula is C69H131NO3. The van der Waals surface area contributed by atoms with Gasteiger partial charge in [0.15, 0.2) is 0 Å². The molecule has 4 nitrogen and oxygen atoms in total. The Morgan fingerprint density at radius 3 is 0.904 bits per heavy atom. The summed E-state index contributed by atoms with van der Waals surface area (Å²) in [6, 6.07) is -0.535. The summed E-state index contributed by atoms with van der Waals surface area (Å²) in [5, 5.41) is 23.4. The molecule has 4 heteroatoms. The van der Waals surface area contributed by atoms with Crippen LogP contribution in [0.15, 0.2) is 48.6 Å². The van der Waals surface area contributed by atoms with Crippen molar-refractivity contribution in [3.8, 4) is 0 Å². The van der Waals surface area contributed by atoms with E-state index < -0.39 is 12.1 Å². The summed E-state index contributed by atoms with van der Waals surface area (Å²) in [6.45, 7) is 4.29. The van der Waals surface area contributed by atoms with Crippen molar-refractivity contribution >= 4 is 5.91 Å². The summed E-state index contributed by atoms with van der Waals surface area (Å²) < 4.78 is 0. The van der Waals surface area contributed by atoms with E-state index in [4.69, 9.17) is 0 Å². The van der Waals surface area contributed by atoms with Crippen LogP contribution in [0.4, 0.5) is 0 Å². The highest BCUT2D eigenvalue weighted by atomic mass is 16.3. The SMILES string of the molecule is CC/C=C\C/C=C\C/C=C\C/C=C\CCCCCCCCCCCCCCCCCCCCCCCCCCCCC(=O)NC(CO)C(O)CCCCCCCCCCCCCCCCCCCCCCCC. The molecule has 0 heterocycles. The monoisotopic (exact) mass is 1020 g/mol. The van der Waals surface area contributed by atoms with Crippen molar-refractivity contribution < 1.29 is 15.0 Å².